The van der Waals surface area contributed by atoms with Gasteiger partial charge < -0.3 is 18.9 Å². The van der Waals surface area contributed by atoms with Crippen LogP contribution in [0, 0.1) is 5.82 Å². The summed E-state index contributed by atoms with van der Waals surface area (Å²) in [5, 5.41) is 0.271. The molecule has 2 aliphatic heterocycles. The number of aromatic nitrogens is 3. The zero-order chi connectivity index (χ0) is 27.0. The molecule has 3 aromatic rings. The summed E-state index contributed by atoms with van der Waals surface area (Å²) in [6.45, 7) is 0.739. The van der Waals surface area contributed by atoms with E-state index in [2.05, 4.69) is 14.3 Å². The van der Waals surface area contributed by atoms with Crippen LogP contribution in [-0.4, -0.2) is 60.3 Å². The number of pyridine rings is 1. The van der Waals surface area contributed by atoms with E-state index in [-0.39, 0.29) is 35.0 Å². The molecule has 202 valence electrons. The number of nitrogens with zero attached hydrogens (tertiary/aromatic N) is 4. The van der Waals surface area contributed by atoms with Gasteiger partial charge in [-0.25, -0.2) is 17.8 Å². The molecule has 0 spiro atoms. The number of ether oxygens (including phenoxy) is 2. The molecule has 0 aliphatic carbocycles. The lowest BCUT2D eigenvalue weighted by molar-refractivity contribution is -0.135. The van der Waals surface area contributed by atoms with Crippen molar-refractivity contribution < 1.29 is 27.1 Å². The molecular formula is C25H27ClFN5O5S. The standard InChI is InChI=1S/C25H27ClFN5O5S/c1-36-25-19(8-9-20(29-25)30-38(2,34)35)37-14-22(33)32-12-10-18-24(31-11-4-3-5-21(31)28-18)23(32)16-7-6-15(26)13-17(16)27/h6-9,13,23H,3-5,10-12,14H2,1-2H3,(H,29,30). The molecule has 1 aromatic carbocycles. The molecular weight excluding hydrogens is 537 g/mol. The van der Waals surface area contributed by atoms with Crippen molar-refractivity contribution in [2.45, 2.75) is 38.3 Å². The number of nitrogens with one attached hydrogen (secondary N) is 1. The van der Waals surface area contributed by atoms with Crippen LogP contribution in [0.4, 0.5) is 10.2 Å². The number of carbonyl (C=O) groups is 1. The molecule has 2 aliphatic rings. The maximum Gasteiger partial charge on any atom is 0.261 e. The average molecular weight is 564 g/mol. The second-order valence-corrected chi connectivity index (χ2v) is 11.4. The van der Waals surface area contributed by atoms with E-state index in [4.69, 9.17) is 26.1 Å². The van der Waals surface area contributed by atoms with Gasteiger partial charge in [-0.1, -0.05) is 17.7 Å². The smallest absolute Gasteiger partial charge is 0.261 e. The Labute approximate surface area is 224 Å². The fourth-order valence-corrected chi connectivity index (χ4v) is 5.67. The summed E-state index contributed by atoms with van der Waals surface area (Å²) in [5.74, 6) is 0.327. The Hall–Kier alpha value is -3.38. The number of sulfonamides is 1. The van der Waals surface area contributed by atoms with Crippen molar-refractivity contribution >= 4 is 33.3 Å². The summed E-state index contributed by atoms with van der Waals surface area (Å²) in [6, 6.07) is 6.66. The average Bonchev–Trinajstić information content (AvgIpc) is 3.25. The molecule has 1 amide bonds. The zero-order valence-electron chi connectivity index (χ0n) is 20.9. The highest BCUT2D eigenvalue weighted by Gasteiger charge is 2.38. The van der Waals surface area contributed by atoms with Crippen LogP contribution in [0.25, 0.3) is 0 Å². The van der Waals surface area contributed by atoms with Gasteiger partial charge in [0.1, 0.15) is 23.5 Å². The summed E-state index contributed by atoms with van der Waals surface area (Å²) in [6.07, 6.45) is 4.42. The number of rotatable bonds is 7. The molecule has 0 saturated heterocycles. The predicted octanol–water partition coefficient (Wildman–Crippen LogP) is 3.34. The van der Waals surface area contributed by atoms with E-state index >= 15 is 4.39 Å². The van der Waals surface area contributed by atoms with Crippen LogP contribution in [-0.2, 0) is 34.2 Å². The van der Waals surface area contributed by atoms with Crippen molar-refractivity contribution in [3.8, 4) is 11.6 Å². The molecule has 0 radical (unpaired) electrons. The van der Waals surface area contributed by atoms with Gasteiger partial charge in [-0.3, -0.25) is 9.52 Å². The maximum absolute atomic E-state index is 15.3. The van der Waals surface area contributed by atoms with Gasteiger partial charge in [-0.05, 0) is 37.1 Å². The molecule has 5 rings (SSSR count). The highest BCUT2D eigenvalue weighted by Crippen LogP contribution is 2.39. The second kappa shape index (κ2) is 10.4. The number of hydrogen-bond donors (Lipinski definition) is 1. The molecule has 0 bridgehead atoms. The first-order valence-corrected chi connectivity index (χ1v) is 14.4. The highest BCUT2D eigenvalue weighted by atomic mass is 35.5. The van der Waals surface area contributed by atoms with E-state index in [1.807, 2.05) is 0 Å². The SMILES string of the molecule is COc1nc(NS(C)(=O)=O)ccc1OCC(=O)N1CCc2nc3n(c2C1c1ccc(Cl)cc1F)CCCC3. The molecule has 10 nitrogen and oxygen atoms in total. The van der Waals surface area contributed by atoms with Crippen LogP contribution in [0.3, 0.4) is 0 Å². The minimum atomic E-state index is -3.54. The largest absolute Gasteiger partial charge is 0.478 e. The number of halogens is 2. The summed E-state index contributed by atoms with van der Waals surface area (Å²) in [5.41, 5.74) is 2.05. The van der Waals surface area contributed by atoms with E-state index in [1.54, 1.807) is 17.0 Å². The lowest BCUT2D eigenvalue weighted by Gasteiger charge is -2.37. The van der Waals surface area contributed by atoms with Crippen LogP contribution in [0.5, 0.6) is 11.6 Å². The Balaban J connectivity index is 1.44. The third-order valence-electron chi connectivity index (χ3n) is 6.59. The summed E-state index contributed by atoms with van der Waals surface area (Å²) >= 11 is 6.03. The van der Waals surface area contributed by atoms with Crippen molar-refractivity contribution in [1.82, 2.24) is 19.4 Å². The lowest BCUT2D eigenvalue weighted by atomic mass is 9.94. The monoisotopic (exact) mass is 563 g/mol. The number of imidazole rings is 1. The first kappa shape index (κ1) is 26.2. The van der Waals surface area contributed by atoms with Gasteiger partial charge in [-0.2, -0.15) is 4.98 Å². The Bertz CT molecular complexity index is 1500. The number of fused-ring (bicyclic) bond motifs is 3. The van der Waals surface area contributed by atoms with E-state index in [9.17, 15) is 13.2 Å². The van der Waals surface area contributed by atoms with Crippen LogP contribution < -0.4 is 14.2 Å². The van der Waals surface area contributed by atoms with E-state index in [1.165, 1.54) is 25.3 Å². The molecule has 0 fully saturated rings. The molecule has 1 N–H and O–H groups in total. The summed E-state index contributed by atoms with van der Waals surface area (Å²) < 4.78 is 53.6. The number of anilines is 1. The molecule has 38 heavy (non-hydrogen) atoms. The Kier molecular flexibility index (Phi) is 7.19. The third-order valence-corrected chi connectivity index (χ3v) is 7.41. The summed E-state index contributed by atoms with van der Waals surface area (Å²) in [7, 11) is -2.18. The number of benzene rings is 1. The number of hydrogen-bond acceptors (Lipinski definition) is 7. The first-order chi connectivity index (χ1) is 18.1. The number of aryl methyl sites for hydroxylation is 1. The van der Waals surface area contributed by atoms with E-state index in [0.717, 1.165) is 49.3 Å². The molecule has 0 saturated carbocycles. The fourth-order valence-electron chi connectivity index (χ4n) is 5.01. The molecule has 13 heteroatoms. The summed E-state index contributed by atoms with van der Waals surface area (Å²) in [4.78, 5) is 24.1. The Morgan fingerprint density at radius 2 is 2.00 bits per heavy atom. The number of carbonyl (C=O) groups excluding carboxylic acids is 1. The van der Waals surface area contributed by atoms with Crippen LogP contribution in [0.1, 0.15) is 41.7 Å². The maximum atomic E-state index is 15.3. The molecule has 1 atom stereocenters. The van der Waals surface area contributed by atoms with E-state index < -0.39 is 21.9 Å². The quantitative estimate of drug-likeness (QED) is 0.469. The van der Waals surface area contributed by atoms with Gasteiger partial charge in [0.2, 0.25) is 10.0 Å². The second-order valence-electron chi connectivity index (χ2n) is 9.24. The van der Waals surface area contributed by atoms with Crippen LogP contribution in [0.15, 0.2) is 30.3 Å². The molecule has 4 heterocycles. The predicted molar refractivity (Wildman–Crippen MR) is 139 cm³/mol. The molecule has 2 aromatic heterocycles. The number of methoxy groups -OCH3 is 1. The van der Waals surface area contributed by atoms with Gasteiger partial charge in [0.15, 0.2) is 12.4 Å². The normalized spacial score (nSPS) is 16.9. The van der Waals surface area contributed by atoms with Crippen molar-refractivity contribution in [2.24, 2.45) is 0 Å². The first-order valence-electron chi connectivity index (χ1n) is 12.1. The van der Waals surface area contributed by atoms with E-state index in [0.29, 0.717) is 18.5 Å². The highest BCUT2D eigenvalue weighted by molar-refractivity contribution is 7.92. The topological polar surface area (TPSA) is 116 Å². The van der Waals surface area contributed by atoms with Crippen molar-refractivity contribution in [2.75, 3.05) is 31.2 Å². The Morgan fingerprint density at radius 1 is 1.18 bits per heavy atom. The van der Waals surface area contributed by atoms with Crippen molar-refractivity contribution in [1.29, 1.82) is 0 Å². The van der Waals surface area contributed by atoms with Gasteiger partial charge >= 0.3 is 0 Å². The fraction of sp³-hybridized carbons (Fsp3) is 0.400. The number of amides is 1. The Morgan fingerprint density at radius 3 is 2.74 bits per heavy atom. The van der Waals surface area contributed by atoms with Crippen LogP contribution in [0.2, 0.25) is 5.02 Å². The third kappa shape index (κ3) is 5.28. The van der Waals surface area contributed by atoms with Gasteiger partial charge in [-0.15, -0.1) is 0 Å². The van der Waals surface area contributed by atoms with Gasteiger partial charge in [0, 0.05) is 36.5 Å². The minimum Gasteiger partial charge on any atom is -0.478 e. The van der Waals surface area contributed by atoms with Crippen LogP contribution >= 0.6 is 11.6 Å². The minimum absolute atomic E-state index is 0.0116. The molecule has 1 unspecified atom stereocenters. The van der Waals surface area contributed by atoms with Gasteiger partial charge in [0.25, 0.3) is 11.8 Å². The van der Waals surface area contributed by atoms with Crippen molar-refractivity contribution in [3.05, 3.63) is 63.9 Å². The van der Waals surface area contributed by atoms with Crippen molar-refractivity contribution in [3.63, 3.8) is 0 Å². The van der Waals surface area contributed by atoms with Gasteiger partial charge in [0.05, 0.1) is 24.8 Å². The lowest BCUT2D eigenvalue weighted by Crippen LogP contribution is -2.44. The zero-order valence-corrected chi connectivity index (χ0v) is 22.5.